The van der Waals surface area contributed by atoms with E-state index in [2.05, 4.69) is 11.8 Å². The van der Waals surface area contributed by atoms with Gasteiger partial charge in [-0.1, -0.05) is 18.8 Å². The van der Waals surface area contributed by atoms with Crippen molar-refractivity contribution in [3.63, 3.8) is 0 Å². The standard InChI is InChI=1S/C6H9ClO/c1-2-6(7)4-3-5-8/h6,8H,2,5H2,1H3. The van der Waals surface area contributed by atoms with Crippen molar-refractivity contribution in [2.45, 2.75) is 18.7 Å². The number of alkyl halides is 1. The first-order valence-corrected chi connectivity index (χ1v) is 2.98. The summed E-state index contributed by atoms with van der Waals surface area (Å²) in [5.74, 6) is 5.12. The van der Waals surface area contributed by atoms with Gasteiger partial charge in [0, 0.05) is 0 Å². The highest BCUT2D eigenvalue weighted by molar-refractivity contribution is 6.22. The van der Waals surface area contributed by atoms with Crippen LogP contribution < -0.4 is 0 Å². The van der Waals surface area contributed by atoms with Crippen LogP contribution >= 0.6 is 11.6 Å². The van der Waals surface area contributed by atoms with Crippen molar-refractivity contribution in [3.8, 4) is 11.8 Å². The number of rotatable bonds is 1. The number of aliphatic hydroxyl groups excluding tert-OH is 1. The summed E-state index contributed by atoms with van der Waals surface area (Å²) in [6.45, 7) is 1.85. The van der Waals surface area contributed by atoms with E-state index in [1.54, 1.807) is 0 Å². The van der Waals surface area contributed by atoms with Gasteiger partial charge in [-0.15, -0.1) is 11.6 Å². The average molecular weight is 133 g/mol. The van der Waals surface area contributed by atoms with E-state index in [1.807, 2.05) is 6.92 Å². The Morgan fingerprint density at radius 1 is 1.75 bits per heavy atom. The molecule has 1 N–H and O–H groups in total. The summed E-state index contributed by atoms with van der Waals surface area (Å²) in [6.07, 6.45) is 0.828. The van der Waals surface area contributed by atoms with Crippen LogP contribution in [0.25, 0.3) is 0 Å². The van der Waals surface area contributed by atoms with Crippen LogP contribution in [0.3, 0.4) is 0 Å². The van der Waals surface area contributed by atoms with Gasteiger partial charge in [0.25, 0.3) is 0 Å². The maximum Gasteiger partial charge on any atom is 0.104 e. The Morgan fingerprint density at radius 3 is 2.75 bits per heavy atom. The summed E-state index contributed by atoms with van der Waals surface area (Å²) >= 11 is 5.56. The Balaban J connectivity index is 3.35. The van der Waals surface area contributed by atoms with Crippen molar-refractivity contribution in [1.29, 1.82) is 0 Å². The molecule has 0 aliphatic rings. The highest BCUT2D eigenvalue weighted by atomic mass is 35.5. The van der Waals surface area contributed by atoms with Crippen LogP contribution in [-0.4, -0.2) is 17.1 Å². The maximum absolute atomic E-state index is 8.18. The number of hydrogen-bond donors (Lipinski definition) is 1. The molecular weight excluding hydrogens is 124 g/mol. The van der Waals surface area contributed by atoms with E-state index >= 15 is 0 Å². The van der Waals surface area contributed by atoms with Gasteiger partial charge in [-0.3, -0.25) is 0 Å². The van der Waals surface area contributed by atoms with E-state index in [1.165, 1.54) is 0 Å². The molecule has 0 spiro atoms. The van der Waals surface area contributed by atoms with Crippen molar-refractivity contribution < 1.29 is 5.11 Å². The quantitative estimate of drug-likeness (QED) is 0.417. The van der Waals surface area contributed by atoms with Gasteiger partial charge in [0.1, 0.15) is 6.61 Å². The number of aliphatic hydroxyl groups is 1. The van der Waals surface area contributed by atoms with Gasteiger partial charge < -0.3 is 5.11 Å². The average Bonchev–Trinajstić information content (AvgIpc) is 1.83. The summed E-state index contributed by atoms with van der Waals surface area (Å²) < 4.78 is 0. The molecular formula is C6H9ClO. The zero-order valence-corrected chi connectivity index (χ0v) is 5.57. The molecule has 0 heterocycles. The third-order valence-electron chi connectivity index (χ3n) is 0.696. The number of halogens is 1. The van der Waals surface area contributed by atoms with Gasteiger partial charge in [0.15, 0.2) is 0 Å². The Bertz CT molecular complexity index is 101. The lowest BCUT2D eigenvalue weighted by atomic mass is 10.3. The fourth-order valence-electron chi connectivity index (χ4n) is 0.258. The minimum absolute atomic E-state index is 0.0940. The lowest BCUT2D eigenvalue weighted by Crippen LogP contribution is -1.89. The molecule has 8 heavy (non-hydrogen) atoms. The molecule has 0 aromatic heterocycles. The molecule has 0 radical (unpaired) electrons. The Hall–Kier alpha value is -0.190. The number of hydrogen-bond acceptors (Lipinski definition) is 1. The van der Waals surface area contributed by atoms with E-state index < -0.39 is 0 Å². The molecule has 0 aliphatic carbocycles. The molecule has 2 heteroatoms. The van der Waals surface area contributed by atoms with Crippen LogP contribution in [0.15, 0.2) is 0 Å². The second kappa shape index (κ2) is 4.96. The summed E-state index contributed by atoms with van der Waals surface area (Å²) in [7, 11) is 0. The molecule has 0 aliphatic heterocycles. The van der Waals surface area contributed by atoms with Crippen molar-refractivity contribution in [2.24, 2.45) is 0 Å². The molecule has 0 aromatic rings. The summed E-state index contributed by atoms with van der Waals surface area (Å²) in [5, 5.41) is 8.08. The summed E-state index contributed by atoms with van der Waals surface area (Å²) in [6, 6.07) is 0. The van der Waals surface area contributed by atoms with Gasteiger partial charge >= 0.3 is 0 Å². The van der Waals surface area contributed by atoms with E-state index in [-0.39, 0.29) is 12.0 Å². The minimum atomic E-state index is -0.0952. The summed E-state index contributed by atoms with van der Waals surface area (Å²) in [4.78, 5) is 0. The monoisotopic (exact) mass is 132 g/mol. The fourth-order valence-corrected chi connectivity index (χ4v) is 0.336. The van der Waals surface area contributed by atoms with Crippen LogP contribution in [0.2, 0.25) is 0 Å². The molecule has 0 fully saturated rings. The normalized spacial score (nSPS) is 11.9. The second-order valence-corrected chi connectivity index (χ2v) is 1.88. The van der Waals surface area contributed by atoms with Crippen molar-refractivity contribution >= 4 is 11.6 Å². The predicted molar refractivity (Wildman–Crippen MR) is 34.8 cm³/mol. The Labute approximate surface area is 54.7 Å². The lowest BCUT2D eigenvalue weighted by molar-refractivity contribution is 0.350. The van der Waals surface area contributed by atoms with Gasteiger partial charge in [-0.2, -0.15) is 0 Å². The van der Waals surface area contributed by atoms with Crippen molar-refractivity contribution in [1.82, 2.24) is 0 Å². The molecule has 0 amide bonds. The largest absolute Gasteiger partial charge is 0.384 e. The molecule has 0 saturated carbocycles. The third-order valence-corrected chi connectivity index (χ3v) is 1.11. The molecule has 0 saturated heterocycles. The van der Waals surface area contributed by atoms with Gasteiger partial charge in [0.05, 0.1) is 5.38 Å². The van der Waals surface area contributed by atoms with E-state index in [4.69, 9.17) is 16.7 Å². The van der Waals surface area contributed by atoms with Crippen LogP contribution in [0.4, 0.5) is 0 Å². The SMILES string of the molecule is CCC(Cl)C#CCO. The molecule has 1 unspecified atom stereocenters. The van der Waals surface area contributed by atoms with Crippen LogP contribution in [0, 0.1) is 11.8 Å². The highest BCUT2D eigenvalue weighted by Crippen LogP contribution is 1.96. The molecule has 0 bridgehead atoms. The molecule has 1 atom stereocenters. The first kappa shape index (κ1) is 7.81. The topological polar surface area (TPSA) is 20.2 Å². The fraction of sp³-hybridized carbons (Fsp3) is 0.667. The molecule has 0 aromatic carbocycles. The smallest absolute Gasteiger partial charge is 0.104 e. The highest BCUT2D eigenvalue weighted by Gasteiger charge is 1.89. The zero-order valence-electron chi connectivity index (χ0n) is 4.82. The molecule has 46 valence electrons. The van der Waals surface area contributed by atoms with Gasteiger partial charge in [0.2, 0.25) is 0 Å². The predicted octanol–water partition coefficient (Wildman–Crippen LogP) is 0.999. The van der Waals surface area contributed by atoms with Gasteiger partial charge in [-0.05, 0) is 6.42 Å². The molecule has 0 rings (SSSR count). The van der Waals surface area contributed by atoms with Crippen molar-refractivity contribution in [3.05, 3.63) is 0 Å². The second-order valence-electron chi connectivity index (χ2n) is 1.36. The maximum atomic E-state index is 8.18. The Morgan fingerprint density at radius 2 is 2.38 bits per heavy atom. The van der Waals surface area contributed by atoms with Crippen molar-refractivity contribution in [2.75, 3.05) is 6.61 Å². The van der Waals surface area contributed by atoms with Gasteiger partial charge in [-0.25, -0.2) is 0 Å². The van der Waals surface area contributed by atoms with E-state index in [0.717, 1.165) is 6.42 Å². The van der Waals surface area contributed by atoms with Crippen LogP contribution in [0.5, 0.6) is 0 Å². The first-order chi connectivity index (χ1) is 3.81. The van der Waals surface area contributed by atoms with Crippen LogP contribution in [-0.2, 0) is 0 Å². The summed E-state index contributed by atoms with van der Waals surface area (Å²) in [5.41, 5.74) is 0. The molecule has 1 nitrogen and oxygen atoms in total. The minimum Gasteiger partial charge on any atom is -0.384 e. The van der Waals surface area contributed by atoms with Crippen LogP contribution in [0.1, 0.15) is 13.3 Å². The lowest BCUT2D eigenvalue weighted by Gasteiger charge is -1.89. The third kappa shape index (κ3) is 3.98. The zero-order chi connectivity index (χ0) is 6.41. The van der Waals surface area contributed by atoms with E-state index in [9.17, 15) is 0 Å². The van der Waals surface area contributed by atoms with E-state index in [0.29, 0.717) is 0 Å². The first-order valence-electron chi connectivity index (χ1n) is 2.54. The Kier molecular flexibility index (Phi) is 4.84.